The second-order valence-corrected chi connectivity index (χ2v) is 8.80. The van der Waals surface area contributed by atoms with Gasteiger partial charge in [0.15, 0.2) is 0 Å². The summed E-state index contributed by atoms with van der Waals surface area (Å²) in [7, 11) is 1.74. The molecule has 8 heteroatoms. The van der Waals surface area contributed by atoms with Gasteiger partial charge in [-0.2, -0.15) is 4.98 Å². The fourth-order valence-corrected chi connectivity index (χ4v) is 4.71. The lowest BCUT2D eigenvalue weighted by molar-refractivity contribution is 0.0973. The maximum Gasteiger partial charge on any atom is 0.264 e. The van der Waals surface area contributed by atoms with Crippen LogP contribution in [0.5, 0.6) is 0 Å². The van der Waals surface area contributed by atoms with Crippen molar-refractivity contribution in [2.75, 3.05) is 30.3 Å². The summed E-state index contributed by atoms with van der Waals surface area (Å²) in [4.78, 5) is 19.8. The highest BCUT2D eigenvalue weighted by Gasteiger charge is 2.47. The molecule has 2 aliphatic heterocycles. The number of nitrogens with two attached hydrogens (primary N) is 2. The lowest BCUT2D eigenvalue weighted by Gasteiger charge is -2.41. The number of rotatable bonds is 2. The number of aromatic nitrogens is 2. The minimum atomic E-state index is -0.178. The van der Waals surface area contributed by atoms with E-state index >= 15 is 0 Å². The van der Waals surface area contributed by atoms with Crippen LogP contribution in [-0.4, -0.2) is 41.4 Å². The molecule has 3 heterocycles. The van der Waals surface area contributed by atoms with Crippen molar-refractivity contribution in [1.29, 1.82) is 0 Å². The molecule has 2 fully saturated rings. The summed E-state index contributed by atoms with van der Waals surface area (Å²) in [5.41, 5.74) is 14.5. The smallest absolute Gasteiger partial charge is 0.264 e. The summed E-state index contributed by atoms with van der Waals surface area (Å²) in [6.07, 6.45) is 1.90. The molecule has 156 valence electrons. The Bertz CT molecular complexity index is 997. The van der Waals surface area contributed by atoms with Crippen molar-refractivity contribution in [3.8, 4) is 11.1 Å². The van der Waals surface area contributed by atoms with E-state index in [9.17, 15) is 4.79 Å². The second kappa shape index (κ2) is 7.31. The highest BCUT2D eigenvalue weighted by Crippen LogP contribution is 2.41. The predicted molar refractivity (Wildman–Crippen MR) is 116 cm³/mol. The largest absolute Gasteiger partial charge is 0.383 e. The lowest BCUT2D eigenvalue weighted by atomic mass is 9.73. The van der Waals surface area contributed by atoms with E-state index in [1.165, 1.54) is 0 Å². The second-order valence-electron chi connectivity index (χ2n) is 8.39. The topological polar surface area (TPSA) is 99.4 Å². The molecule has 2 atom stereocenters. The van der Waals surface area contributed by atoms with Gasteiger partial charge < -0.3 is 21.1 Å². The van der Waals surface area contributed by atoms with Crippen molar-refractivity contribution >= 4 is 23.4 Å². The maximum atomic E-state index is 13.1. The first kappa shape index (κ1) is 20.2. The van der Waals surface area contributed by atoms with Crippen LogP contribution in [-0.2, 0) is 11.8 Å². The van der Waals surface area contributed by atoms with Crippen LogP contribution in [0.2, 0.25) is 5.02 Å². The molecule has 1 aromatic heterocycles. The van der Waals surface area contributed by atoms with Crippen molar-refractivity contribution in [3.63, 3.8) is 0 Å². The number of halogens is 1. The number of benzene rings is 1. The summed E-state index contributed by atoms with van der Waals surface area (Å²) in [6, 6.07) is 5.53. The van der Waals surface area contributed by atoms with Crippen LogP contribution in [0.3, 0.4) is 0 Å². The molecule has 4 rings (SSSR count). The minimum absolute atomic E-state index is 0.0128. The molecule has 2 aliphatic rings. The van der Waals surface area contributed by atoms with Gasteiger partial charge in [0.05, 0.1) is 18.3 Å². The van der Waals surface area contributed by atoms with Gasteiger partial charge in [-0.3, -0.25) is 9.36 Å². The summed E-state index contributed by atoms with van der Waals surface area (Å²) in [5, 5.41) is 0.596. The van der Waals surface area contributed by atoms with Gasteiger partial charge in [0.25, 0.3) is 5.56 Å². The average Bonchev–Trinajstić information content (AvgIpc) is 2.97. The van der Waals surface area contributed by atoms with Crippen LogP contribution < -0.4 is 21.9 Å². The van der Waals surface area contributed by atoms with Crippen molar-refractivity contribution in [2.24, 2.45) is 18.2 Å². The molecule has 29 heavy (non-hydrogen) atoms. The summed E-state index contributed by atoms with van der Waals surface area (Å²) < 4.78 is 7.37. The number of anilines is 2. The van der Waals surface area contributed by atoms with Crippen LogP contribution in [0.1, 0.15) is 25.3 Å². The molecule has 2 saturated heterocycles. The van der Waals surface area contributed by atoms with Crippen LogP contribution in [0.4, 0.5) is 11.8 Å². The van der Waals surface area contributed by atoms with E-state index in [4.69, 9.17) is 27.8 Å². The Labute approximate surface area is 175 Å². The molecular weight excluding hydrogens is 390 g/mol. The van der Waals surface area contributed by atoms with E-state index in [1.807, 2.05) is 26.0 Å². The Balaban J connectivity index is 1.63. The standard InChI is InChI=1S/C21H28ClN5O2/c1-12-4-5-14(10-15(12)22)16-18(24)25-20(26(3)19(16)28)27-8-6-21(7-9-27)11-29-13(2)17(21)23/h4-5,10,13,17H,6-9,11,23-24H2,1-3H3/t13-,17+/m0/s1. The van der Waals surface area contributed by atoms with Crippen LogP contribution >= 0.6 is 11.6 Å². The van der Waals surface area contributed by atoms with Gasteiger partial charge in [0, 0.05) is 36.6 Å². The number of hydrogen-bond acceptors (Lipinski definition) is 6. The highest BCUT2D eigenvalue weighted by atomic mass is 35.5. The lowest BCUT2D eigenvalue weighted by Crippen LogP contribution is -2.51. The normalized spacial score (nSPS) is 23.7. The van der Waals surface area contributed by atoms with Gasteiger partial charge in [-0.25, -0.2) is 0 Å². The van der Waals surface area contributed by atoms with Crippen LogP contribution in [0.15, 0.2) is 23.0 Å². The van der Waals surface area contributed by atoms with Gasteiger partial charge in [-0.15, -0.1) is 0 Å². The zero-order chi connectivity index (χ0) is 20.9. The molecule has 7 nitrogen and oxygen atoms in total. The van der Waals surface area contributed by atoms with E-state index in [2.05, 4.69) is 9.88 Å². The van der Waals surface area contributed by atoms with Crippen molar-refractivity contribution in [1.82, 2.24) is 9.55 Å². The Hall–Kier alpha value is -2.09. The Morgan fingerprint density at radius 3 is 2.59 bits per heavy atom. The first-order valence-corrected chi connectivity index (χ1v) is 10.4. The number of nitrogen functional groups attached to an aromatic ring is 1. The number of aryl methyl sites for hydroxylation is 1. The maximum absolute atomic E-state index is 13.1. The highest BCUT2D eigenvalue weighted by molar-refractivity contribution is 6.31. The van der Waals surface area contributed by atoms with E-state index in [0.717, 1.165) is 31.5 Å². The Morgan fingerprint density at radius 2 is 2.00 bits per heavy atom. The van der Waals surface area contributed by atoms with Crippen molar-refractivity contribution < 1.29 is 4.74 Å². The molecule has 0 bridgehead atoms. The fraction of sp³-hybridized carbons (Fsp3) is 0.524. The minimum Gasteiger partial charge on any atom is -0.383 e. The quantitative estimate of drug-likeness (QED) is 0.777. The zero-order valence-electron chi connectivity index (χ0n) is 17.1. The first-order valence-electron chi connectivity index (χ1n) is 9.99. The SMILES string of the molecule is Cc1ccc(-c2c(N)nc(N3CCC4(CC3)CO[C@@H](C)[C@H]4N)n(C)c2=O)cc1Cl. The van der Waals surface area contributed by atoms with Gasteiger partial charge in [-0.05, 0) is 43.9 Å². The third-order valence-corrected chi connectivity index (χ3v) is 7.05. The average molecular weight is 418 g/mol. The van der Waals surface area contributed by atoms with E-state index in [1.54, 1.807) is 17.7 Å². The van der Waals surface area contributed by atoms with Gasteiger partial charge >= 0.3 is 0 Å². The van der Waals surface area contributed by atoms with E-state index < -0.39 is 0 Å². The van der Waals surface area contributed by atoms with Crippen molar-refractivity contribution in [3.05, 3.63) is 39.1 Å². The number of nitrogens with zero attached hydrogens (tertiary/aromatic N) is 3. The Morgan fingerprint density at radius 1 is 1.31 bits per heavy atom. The number of ether oxygens (including phenoxy) is 1. The first-order chi connectivity index (χ1) is 13.7. The molecular formula is C21H28ClN5O2. The molecule has 0 amide bonds. The summed E-state index contributed by atoms with van der Waals surface area (Å²) >= 11 is 6.24. The monoisotopic (exact) mass is 417 g/mol. The molecule has 0 aliphatic carbocycles. The molecule has 2 aromatic rings. The number of hydrogen-bond donors (Lipinski definition) is 2. The number of piperidine rings is 1. The van der Waals surface area contributed by atoms with Crippen LogP contribution in [0.25, 0.3) is 11.1 Å². The molecule has 4 N–H and O–H groups in total. The molecule has 0 radical (unpaired) electrons. The fourth-order valence-electron chi connectivity index (χ4n) is 4.53. The third kappa shape index (κ3) is 3.31. The van der Waals surface area contributed by atoms with Crippen molar-refractivity contribution in [2.45, 2.75) is 38.8 Å². The molecule has 0 unspecified atom stereocenters. The van der Waals surface area contributed by atoms with Gasteiger partial charge in [0.1, 0.15) is 5.82 Å². The zero-order valence-corrected chi connectivity index (χ0v) is 17.9. The molecule has 1 aromatic carbocycles. The Kier molecular flexibility index (Phi) is 5.09. The molecule has 1 spiro atoms. The predicted octanol–water partition coefficient (Wildman–Crippen LogP) is 2.32. The van der Waals surface area contributed by atoms with E-state index in [-0.39, 0.29) is 28.9 Å². The van der Waals surface area contributed by atoms with Crippen LogP contribution in [0, 0.1) is 12.3 Å². The van der Waals surface area contributed by atoms with Gasteiger partial charge in [0.2, 0.25) is 5.95 Å². The molecule has 0 saturated carbocycles. The summed E-state index contributed by atoms with van der Waals surface area (Å²) in [6.45, 7) is 6.18. The third-order valence-electron chi connectivity index (χ3n) is 6.64. The summed E-state index contributed by atoms with van der Waals surface area (Å²) in [5.74, 6) is 0.808. The van der Waals surface area contributed by atoms with E-state index in [0.29, 0.717) is 28.7 Å². The van der Waals surface area contributed by atoms with Gasteiger partial charge in [-0.1, -0.05) is 23.7 Å².